The van der Waals surface area contributed by atoms with Crippen molar-refractivity contribution in [2.24, 2.45) is 0 Å². The number of carboxylic acids is 1. The minimum absolute atomic E-state index is 0.0367. The normalized spacial score (nSPS) is 11.3. The van der Waals surface area contributed by atoms with Crippen molar-refractivity contribution in [2.75, 3.05) is 0 Å². The average Bonchev–Trinajstić information content (AvgIpc) is 3.02. The summed E-state index contributed by atoms with van der Waals surface area (Å²) < 4.78 is 6.43. The van der Waals surface area contributed by atoms with Crippen molar-refractivity contribution >= 4 is 23.8 Å². The van der Waals surface area contributed by atoms with E-state index in [1.54, 1.807) is 37.5 Å². The molecule has 22 heavy (non-hydrogen) atoms. The van der Waals surface area contributed by atoms with Crippen molar-refractivity contribution < 1.29 is 14.3 Å². The van der Waals surface area contributed by atoms with E-state index in [-0.39, 0.29) is 11.1 Å². The number of fused-ring (bicyclic) bond motifs is 1. The molecule has 1 N–H and O–H groups in total. The summed E-state index contributed by atoms with van der Waals surface area (Å²) in [6.07, 6.45) is 6.25. The quantitative estimate of drug-likeness (QED) is 0.802. The van der Waals surface area contributed by atoms with E-state index in [1.807, 2.05) is 0 Å². The molecule has 0 amide bonds. The molecule has 0 spiro atoms. The molecule has 0 saturated heterocycles. The Morgan fingerprint density at radius 2 is 2.14 bits per heavy atom. The van der Waals surface area contributed by atoms with Gasteiger partial charge in [0.15, 0.2) is 0 Å². The third-order valence-corrected chi connectivity index (χ3v) is 3.28. The predicted octanol–water partition coefficient (Wildman–Crippen LogP) is 2.46. The molecular weight excluding hydrogens is 284 g/mol. The molecule has 6 nitrogen and oxygen atoms in total. The molecule has 0 atom stereocenters. The van der Waals surface area contributed by atoms with Crippen LogP contribution in [0.1, 0.15) is 27.4 Å². The van der Waals surface area contributed by atoms with Crippen molar-refractivity contribution in [1.82, 2.24) is 9.38 Å². The highest BCUT2D eigenvalue weighted by Gasteiger charge is 2.10. The molecule has 0 aliphatic carbocycles. The highest BCUT2D eigenvalue weighted by molar-refractivity contribution is 5.87. The van der Waals surface area contributed by atoms with Crippen LogP contribution in [-0.4, -0.2) is 20.5 Å². The van der Waals surface area contributed by atoms with Gasteiger partial charge in [-0.15, -0.1) is 0 Å². The van der Waals surface area contributed by atoms with Crippen molar-refractivity contribution in [2.45, 2.75) is 6.92 Å². The Morgan fingerprint density at radius 3 is 2.82 bits per heavy atom. The summed E-state index contributed by atoms with van der Waals surface area (Å²) in [6, 6.07) is 6.48. The number of carbonyl (C=O) groups is 1. The molecular formula is C16H12N2O4. The number of aromatic nitrogens is 2. The molecule has 3 aromatic rings. The van der Waals surface area contributed by atoms with E-state index in [0.29, 0.717) is 22.7 Å². The molecule has 0 bridgehead atoms. The van der Waals surface area contributed by atoms with Gasteiger partial charge in [-0.1, -0.05) is 0 Å². The van der Waals surface area contributed by atoms with Crippen LogP contribution in [0.5, 0.6) is 0 Å². The number of rotatable bonds is 3. The van der Waals surface area contributed by atoms with Crippen molar-refractivity contribution in [3.8, 4) is 0 Å². The van der Waals surface area contributed by atoms with Crippen molar-refractivity contribution in [3.63, 3.8) is 0 Å². The SMILES string of the molecule is Cc1c(C=Cc2ccco2)nc2ccc(C(=O)O)cn2c1=O. The Balaban J connectivity index is 2.14. The lowest BCUT2D eigenvalue weighted by Crippen LogP contribution is -2.20. The molecule has 0 saturated carbocycles. The summed E-state index contributed by atoms with van der Waals surface area (Å²) in [5.41, 5.74) is 1.08. The van der Waals surface area contributed by atoms with Crippen LogP contribution in [0.4, 0.5) is 0 Å². The third kappa shape index (κ3) is 2.42. The maximum atomic E-state index is 12.4. The fraction of sp³-hybridized carbons (Fsp3) is 0.0625. The number of hydrogen-bond acceptors (Lipinski definition) is 4. The molecule has 3 heterocycles. The molecule has 3 rings (SSSR count). The second kappa shape index (κ2) is 5.33. The standard InChI is InChI=1S/C16H12N2O4/c1-10-13(6-5-12-3-2-8-22-12)17-14-7-4-11(16(20)21)9-18(14)15(10)19/h2-9H,1H3,(H,20,21). The first kappa shape index (κ1) is 13.8. The first-order valence-corrected chi connectivity index (χ1v) is 6.54. The average molecular weight is 296 g/mol. The zero-order chi connectivity index (χ0) is 15.7. The molecule has 0 unspecified atom stereocenters. The number of pyridine rings is 1. The van der Waals surface area contributed by atoms with E-state index in [4.69, 9.17) is 9.52 Å². The fourth-order valence-electron chi connectivity index (χ4n) is 2.08. The summed E-state index contributed by atoms with van der Waals surface area (Å²) in [7, 11) is 0. The second-order valence-corrected chi connectivity index (χ2v) is 4.73. The summed E-state index contributed by atoms with van der Waals surface area (Å²) in [6.45, 7) is 1.65. The van der Waals surface area contributed by atoms with Gasteiger partial charge < -0.3 is 9.52 Å². The Hall–Kier alpha value is -3.15. The molecule has 0 fully saturated rings. The first-order chi connectivity index (χ1) is 10.6. The van der Waals surface area contributed by atoms with E-state index in [1.165, 1.54) is 22.7 Å². The van der Waals surface area contributed by atoms with E-state index >= 15 is 0 Å². The second-order valence-electron chi connectivity index (χ2n) is 4.73. The smallest absolute Gasteiger partial charge is 0.337 e. The summed E-state index contributed by atoms with van der Waals surface area (Å²) in [5.74, 6) is -0.434. The van der Waals surface area contributed by atoms with Crippen LogP contribution in [-0.2, 0) is 0 Å². The van der Waals surface area contributed by atoms with Gasteiger partial charge in [-0.05, 0) is 43.3 Å². The van der Waals surface area contributed by atoms with E-state index in [9.17, 15) is 9.59 Å². The monoisotopic (exact) mass is 296 g/mol. The third-order valence-electron chi connectivity index (χ3n) is 3.28. The number of carboxylic acid groups (broad SMARTS) is 1. The number of nitrogens with zero attached hydrogens (tertiary/aromatic N) is 2. The lowest BCUT2D eigenvalue weighted by Gasteiger charge is -2.05. The highest BCUT2D eigenvalue weighted by atomic mass is 16.4. The van der Waals surface area contributed by atoms with Gasteiger partial charge in [-0.3, -0.25) is 9.20 Å². The van der Waals surface area contributed by atoms with Gasteiger partial charge in [0.2, 0.25) is 0 Å². The number of furan rings is 1. The largest absolute Gasteiger partial charge is 0.478 e. The van der Waals surface area contributed by atoms with E-state index in [2.05, 4.69) is 4.98 Å². The van der Waals surface area contributed by atoms with Gasteiger partial charge in [-0.25, -0.2) is 9.78 Å². The maximum absolute atomic E-state index is 12.4. The van der Waals surface area contributed by atoms with Crippen LogP contribution in [0.25, 0.3) is 17.8 Å². The van der Waals surface area contributed by atoms with Crippen LogP contribution in [0.2, 0.25) is 0 Å². The zero-order valence-corrected chi connectivity index (χ0v) is 11.7. The maximum Gasteiger partial charge on any atom is 0.337 e. The van der Waals surface area contributed by atoms with Gasteiger partial charge in [0, 0.05) is 11.8 Å². The Labute approximate surface area is 125 Å². The summed E-state index contributed by atoms with van der Waals surface area (Å²) in [4.78, 5) is 27.7. The molecule has 0 aromatic carbocycles. The fourth-order valence-corrected chi connectivity index (χ4v) is 2.08. The number of hydrogen-bond donors (Lipinski definition) is 1. The van der Waals surface area contributed by atoms with Crippen LogP contribution in [0.15, 0.2) is 45.9 Å². The van der Waals surface area contributed by atoms with Crippen molar-refractivity contribution in [3.05, 3.63) is 69.7 Å². The van der Waals surface area contributed by atoms with Crippen LogP contribution >= 0.6 is 0 Å². The summed E-state index contributed by atoms with van der Waals surface area (Å²) in [5, 5.41) is 8.99. The molecule has 110 valence electrons. The predicted molar refractivity (Wildman–Crippen MR) is 80.8 cm³/mol. The zero-order valence-electron chi connectivity index (χ0n) is 11.7. The van der Waals surface area contributed by atoms with Crippen LogP contribution < -0.4 is 5.56 Å². The molecule has 0 aliphatic rings. The van der Waals surface area contributed by atoms with E-state index in [0.717, 1.165) is 0 Å². The minimum atomic E-state index is -1.09. The number of aromatic carboxylic acids is 1. The van der Waals surface area contributed by atoms with E-state index < -0.39 is 5.97 Å². The summed E-state index contributed by atoms with van der Waals surface area (Å²) >= 11 is 0. The van der Waals surface area contributed by atoms with Crippen molar-refractivity contribution in [1.29, 1.82) is 0 Å². The Bertz CT molecular complexity index is 937. The molecule has 0 aliphatic heterocycles. The molecule has 6 heteroatoms. The first-order valence-electron chi connectivity index (χ1n) is 6.54. The van der Waals surface area contributed by atoms with Crippen LogP contribution in [0, 0.1) is 6.92 Å². The highest BCUT2D eigenvalue weighted by Crippen LogP contribution is 2.11. The molecule has 0 radical (unpaired) electrons. The minimum Gasteiger partial charge on any atom is -0.478 e. The van der Waals surface area contributed by atoms with Crippen LogP contribution in [0.3, 0.4) is 0 Å². The lowest BCUT2D eigenvalue weighted by molar-refractivity contribution is 0.0696. The van der Waals surface area contributed by atoms with Gasteiger partial charge in [0.1, 0.15) is 11.4 Å². The lowest BCUT2D eigenvalue weighted by atomic mass is 10.2. The van der Waals surface area contributed by atoms with Gasteiger partial charge in [-0.2, -0.15) is 0 Å². The topological polar surface area (TPSA) is 84.8 Å². The van der Waals surface area contributed by atoms with Gasteiger partial charge >= 0.3 is 5.97 Å². The molecule has 3 aromatic heterocycles. The Morgan fingerprint density at radius 1 is 1.32 bits per heavy atom. The van der Waals surface area contributed by atoms with Gasteiger partial charge in [0.05, 0.1) is 17.5 Å². The van der Waals surface area contributed by atoms with Gasteiger partial charge in [0.25, 0.3) is 5.56 Å². The Kier molecular flexibility index (Phi) is 3.34.